The molecule has 0 aliphatic carbocycles. The second-order valence-electron chi connectivity index (χ2n) is 6.01. The monoisotopic (exact) mass is 450 g/mol. The van der Waals surface area contributed by atoms with E-state index in [4.69, 9.17) is 25.4 Å². The van der Waals surface area contributed by atoms with Gasteiger partial charge in [0.2, 0.25) is 0 Å². The standard InChI is InChI=1S/C19H22N4O5S2/c1-3-27-17(24)16-13(10-30-19(21)22)23-12(8-20)15(18(25)28-6-5-26-2)14(16)11-4-7-29-9-11/h4,7,9,14-15H,3,5-6,10H2,1-2H3,(H3,21,22). The van der Waals surface area contributed by atoms with Gasteiger partial charge in [-0.1, -0.05) is 11.8 Å². The molecule has 2 heterocycles. The lowest BCUT2D eigenvalue weighted by atomic mass is 9.76. The Hall–Kier alpha value is -2.68. The Balaban J connectivity index is 2.60. The lowest BCUT2D eigenvalue weighted by molar-refractivity contribution is -0.148. The predicted octanol–water partition coefficient (Wildman–Crippen LogP) is 2.06. The minimum atomic E-state index is -1.10. The molecule has 1 aliphatic rings. The number of esters is 2. The number of nitrogens with two attached hydrogens (primary N) is 1. The van der Waals surface area contributed by atoms with Gasteiger partial charge in [-0.25, -0.2) is 9.79 Å². The van der Waals surface area contributed by atoms with Crippen LogP contribution in [0, 0.1) is 22.7 Å². The third-order valence-corrected chi connectivity index (χ3v) is 5.60. The molecule has 0 radical (unpaired) electrons. The zero-order chi connectivity index (χ0) is 22.1. The van der Waals surface area contributed by atoms with Crippen LogP contribution in [-0.4, -0.2) is 55.5 Å². The average Bonchev–Trinajstić information content (AvgIpc) is 3.25. The molecule has 2 rings (SSSR count). The van der Waals surface area contributed by atoms with E-state index in [1.165, 1.54) is 18.4 Å². The van der Waals surface area contributed by atoms with Gasteiger partial charge in [0.05, 0.1) is 24.5 Å². The Morgan fingerprint density at radius 3 is 2.73 bits per heavy atom. The Morgan fingerprint density at radius 1 is 1.40 bits per heavy atom. The van der Waals surface area contributed by atoms with Crippen LogP contribution in [0.5, 0.6) is 0 Å². The number of nitrogens with zero attached hydrogens (tertiary/aromatic N) is 2. The van der Waals surface area contributed by atoms with Crippen molar-refractivity contribution in [3.8, 4) is 6.07 Å². The highest BCUT2D eigenvalue weighted by Crippen LogP contribution is 2.41. The summed E-state index contributed by atoms with van der Waals surface area (Å²) < 4.78 is 15.4. The molecule has 160 valence electrons. The zero-order valence-corrected chi connectivity index (χ0v) is 18.2. The van der Waals surface area contributed by atoms with Crippen molar-refractivity contribution in [3.05, 3.63) is 33.7 Å². The van der Waals surface area contributed by atoms with E-state index in [1.54, 1.807) is 18.4 Å². The van der Waals surface area contributed by atoms with Crippen molar-refractivity contribution >= 4 is 45.9 Å². The summed E-state index contributed by atoms with van der Waals surface area (Å²) in [6.45, 7) is 2.00. The van der Waals surface area contributed by atoms with E-state index >= 15 is 0 Å². The molecule has 0 amide bonds. The number of hydrogen-bond acceptors (Lipinski definition) is 10. The van der Waals surface area contributed by atoms with E-state index in [-0.39, 0.29) is 47.7 Å². The summed E-state index contributed by atoms with van der Waals surface area (Å²) in [4.78, 5) is 30.1. The number of thioether (sulfide) groups is 1. The summed E-state index contributed by atoms with van der Waals surface area (Å²) in [7, 11) is 1.48. The molecular formula is C19H22N4O5S2. The van der Waals surface area contributed by atoms with Gasteiger partial charge in [0.25, 0.3) is 0 Å². The number of amidine groups is 1. The van der Waals surface area contributed by atoms with Crippen LogP contribution in [0.3, 0.4) is 0 Å². The van der Waals surface area contributed by atoms with Gasteiger partial charge in [0.1, 0.15) is 24.3 Å². The topological polar surface area (TPSA) is 148 Å². The first kappa shape index (κ1) is 23.6. The minimum Gasteiger partial charge on any atom is -0.463 e. The summed E-state index contributed by atoms with van der Waals surface area (Å²) in [5.74, 6) is -3.14. The highest BCUT2D eigenvalue weighted by molar-refractivity contribution is 8.13. The fraction of sp³-hybridized carbons (Fsp3) is 0.421. The maximum absolute atomic E-state index is 12.9. The van der Waals surface area contributed by atoms with E-state index in [1.807, 2.05) is 11.4 Å². The molecule has 11 heteroatoms. The Morgan fingerprint density at radius 2 is 2.17 bits per heavy atom. The Labute approximate surface area is 182 Å². The largest absolute Gasteiger partial charge is 0.463 e. The number of nitrogens with one attached hydrogen (secondary N) is 1. The molecule has 3 N–H and O–H groups in total. The maximum Gasteiger partial charge on any atom is 0.336 e. The molecule has 2 atom stereocenters. The zero-order valence-electron chi connectivity index (χ0n) is 16.5. The van der Waals surface area contributed by atoms with Crippen LogP contribution >= 0.6 is 23.1 Å². The number of nitriles is 1. The smallest absolute Gasteiger partial charge is 0.336 e. The highest BCUT2D eigenvalue weighted by Gasteiger charge is 2.45. The van der Waals surface area contributed by atoms with Gasteiger partial charge in [0.15, 0.2) is 5.17 Å². The third kappa shape index (κ3) is 5.69. The van der Waals surface area contributed by atoms with E-state index in [9.17, 15) is 14.9 Å². The number of thiophene rings is 1. The molecule has 0 spiro atoms. The van der Waals surface area contributed by atoms with E-state index < -0.39 is 23.8 Å². The van der Waals surface area contributed by atoms with Gasteiger partial charge in [-0.3, -0.25) is 10.2 Å². The van der Waals surface area contributed by atoms with Gasteiger partial charge in [0, 0.05) is 18.8 Å². The molecule has 0 bridgehead atoms. The lowest BCUT2D eigenvalue weighted by Gasteiger charge is -2.30. The number of carbonyl (C=O) groups is 2. The van der Waals surface area contributed by atoms with Crippen LogP contribution in [0.2, 0.25) is 0 Å². The summed E-state index contributed by atoms with van der Waals surface area (Å²) in [6.07, 6.45) is 0. The van der Waals surface area contributed by atoms with E-state index in [0.717, 1.165) is 11.8 Å². The molecule has 1 aromatic heterocycles. The molecule has 30 heavy (non-hydrogen) atoms. The SMILES string of the molecule is CCOC(=O)C1=C(CSC(=N)N)N=C(C#N)C(C(=O)OCCOC)C1c1ccsc1. The molecule has 0 saturated heterocycles. The van der Waals surface area contributed by atoms with Gasteiger partial charge < -0.3 is 19.9 Å². The van der Waals surface area contributed by atoms with Crippen molar-refractivity contribution < 1.29 is 23.8 Å². The quantitative estimate of drug-likeness (QED) is 0.251. The van der Waals surface area contributed by atoms with Crippen LogP contribution in [0.15, 0.2) is 33.1 Å². The van der Waals surface area contributed by atoms with E-state index in [2.05, 4.69) is 4.99 Å². The number of hydrogen-bond donors (Lipinski definition) is 2. The normalized spacial score (nSPS) is 18.4. The van der Waals surface area contributed by atoms with Crippen LogP contribution in [-0.2, 0) is 23.8 Å². The van der Waals surface area contributed by atoms with Crippen LogP contribution in [0.25, 0.3) is 0 Å². The van der Waals surface area contributed by atoms with E-state index in [0.29, 0.717) is 5.56 Å². The number of carbonyl (C=O) groups excluding carboxylic acids is 2. The summed E-state index contributed by atoms with van der Waals surface area (Å²) in [5, 5.41) is 20.6. The first-order chi connectivity index (χ1) is 14.4. The van der Waals surface area contributed by atoms with Crippen molar-refractivity contribution in [3.63, 3.8) is 0 Å². The minimum absolute atomic E-state index is 0.00635. The Kier molecular flexibility index (Phi) is 9.04. The highest BCUT2D eigenvalue weighted by atomic mass is 32.2. The molecule has 0 fully saturated rings. The fourth-order valence-corrected chi connectivity index (χ4v) is 4.17. The molecule has 0 aromatic carbocycles. The van der Waals surface area contributed by atoms with Crippen molar-refractivity contribution in [2.24, 2.45) is 16.6 Å². The summed E-state index contributed by atoms with van der Waals surface area (Å²) in [5.41, 5.74) is 6.46. The lowest BCUT2D eigenvalue weighted by Crippen LogP contribution is -2.38. The van der Waals surface area contributed by atoms with Crippen LogP contribution in [0.1, 0.15) is 18.4 Å². The number of ether oxygens (including phenoxy) is 3. The molecular weight excluding hydrogens is 428 g/mol. The predicted molar refractivity (Wildman–Crippen MR) is 114 cm³/mol. The van der Waals surface area contributed by atoms with Crippen LogP contribution < -0.4 is 5.73 Å². The third-order valence-electron chi connectivity index (χ3n) is 4.17. The number of rotatable bonds is 9. The molecule has 0 saturated carbocycles. The van der Waals surface area contributed by atoms with Gasteiger partial charge in [-0.05, 0) is 29.3 Å². The second kappa shape index (κ2) is 11.5. The van der Waals surface area contributed by atoms with Gasteiger partial charge in [-0.2, -0.15) is 16.6 Å². The van der Waals surface area contributed by atoms with Gasteiger partial charge in [-0.15, -0.1) is 0 Å². The maximum atomic E-state index is 12.9. The van der Waals surface area contributed by atoms with Crippen molar-refractivity contribution in [2.75, 3.05) is 32.7 Å². The summed E-state index contributed by atoms with van der Waals surface area (Å²) >= 11 is 2.36. The van der Waals surface area contributed by atoms with Crippen molar-refractivity contribution in [2.45, 2.75) is 12.8 Å². The Bertz CT molecular complexity index is 889. The average molecular weight is 451 g/mol. The number of methoxy groups -OCH3 is 1. The van der Waals surface area contributed by atoms with Gasteiger partial charge >= 0.3 is 11.9 Å². The molecule has 1 aliphatic heterocycles. The van der Waals surface area contributed by atoms with Crippen molar-refractivity contribution in [1.29, 1.82) is 10.7 Å². The molecule has 2 unspecified atom stereocenters. The molecule has 1 aromatic rings. The second-order valence-corrected chi connectivity index (χ2v) is 7.81. The summed E-state index contributed by atoms with van der Waals surface area (Å²) in [6, 6.07) is 3.75. The van der Waals surface area contributed by atoms with Crippen LogP contribution in [0.4, 0.5) is 0 Å². The fourth-order valence-electron chi connectivity index (χ4n) is 2.96. The first-order valence-electron chi connectivity index (χ1n) is 8.97. The van der Waals surface area contributed by atoms with Crippen molar-refractivity contribution in [1.82, 2.24) is 0 Å². The number of aliphatic imine (C=N–C) groups is 1. The molecule has 9 nitrogen and oxygen atoms in total. The first-order valence-corrected chi connectivity index (χ1v) is 10.9.